The molecular weight excluding hydrogens is 200 g/mol. The number of aromatic hydroxyl groups is 2. The predicted octanol–water partition coefficient (Wildman–Crippen LogP) is 0.993. The second kappa shape index (κ2) is 3.68. The summed E-state index contributed by atoms with van der Waals surface area (Å²) in [6.45, 7) is 3.28. The molecular formula is C10H11O5-. The van der Waals surface area contributed by atoms with Gasteiger partial charge in [-0.2, -0.15) is 0 Å². The summed E-state index contributed by atoms with van der Waals surface area (Å²) >= 11 is 0. The Balaban J connectivity index is 3.58. The number of carbonyl (C=O) groups is 1. The third-order valence-corrected chi connectivity index (χ3v) is 2.08. The molecule has 0 amide bonds. The Morgan fingerprint density at radius 1 is 1.40 bits per heavy atom. The van der Waals surface area contributed by atoms with Crippen molar-refractivity contribution in [2.24, 2.45) is 0 Å². The van der Waals surface area contributed by atoms with Crippen LogP contribution in [0.5, 0.6) is 17.2 Å². The van der Waals surface area contributed by atoms with Gasteiger partial charge in [0.1, 0.15) is 5.75 Å². The van der Waals surface area contributed by atoms with Gasteiger partial charge in [0, 0.05) is 0 Å². The lowest BCUT2D eigenvalue weighted by atomic mass is 9.95. The average Bonchev–Trinajstić information content (AvgIpc) is 2.12. The Labute approximate surface area is 86.2 Å². The summed E-state index contributed by atoms with van der Waals surface area (Å²) in [5.41, 5.74) is -0.275. The molecule has 1 aromatic carbocycles. The molecule has 82 valence electrons. The molecule has 0 saturated heterocycles. The van der Waals surface area contributed by atoms with Gasteiger partial charge < -0.3 is 20.4 Å². The van der Waals surface area contributed by atoms with E-state index >= 15 is 0 Å². The smallest absolute Gasteiger partial charge is 0.336 e. The van der Waals surface area contributed by atoms with Gasteiger partial charge in [0.15, 0.2) is 5.75 Å². The molecule has 0 aliphatic carbocycles. The van der Waals surface area contributed by atoms with E-state index in [1.807, 2.05) is 0 Å². The molecule has 0 saturated carbocycles. The lowest BCUT2D eigenvalue weighted by Gasteiger charge is -2.21. The van der Waals surface area contributed by atoms with Gasteiger partial charge in [-0.25, -0.2) is 4.79 Å². The molecule has 0 spiro atoms. The monoisotopic (exact) mass is 211 g/mol. The van der Waals surface area contributed by atoms with E-state index in [2.05, 4.69) is 0 Å². The molecule has 5 nitrogen and oxygen atoms in total. The van der Waals surface area contributed by atoms with Crippen molar-refractivity contribution < 1.29 is 25.2 Å². The second-order valence-electron chi connectivity index (χ2n) is 3.49. The summed E-state index contributed by atoms with van der Waals surface area (Å²) in [5, 5.41) is 38.6. The number of hydrogen-bond donors (Lipinski definition) is 3. The van der Waals surface area contributed by atoms with Crippen LogP contribution in [0.25, 0.3) is 0 Å². The molecule has 0 aliphatic rings. The Bertz CT molecular complexity index is 409. The highest BCUT2D eigenvalue weighted by atomic mass is 16.4. The minimum absolute atomic E-state index is 0.00204. The largest absolute Gasteiger partial charge is 0.870 e. The van der Waals surface area contributed by atoms with E-state index in [0.717, 1.165) is 6.07 Å². The van der Waals surface area contributed by atoms with Gasteiger partial charge in [-0.1, -0.05) is 19.6 Å². The standard InChI is InChI=1S/C10H12O5/c1-4(2)7-5(10(14)15)3-6(11)8(12)9(7)13/h3-4,11-13H,1-2H3,(H,14,15)/p-1. The van der Waals surface area contributed by atoms with Crippen LogP contribution in [-0.4, -0.2) is 21.3 Å². The summed E-state index contributed by atoms with van der Waals surface area (Å²) in [7, 11) is 0. The highest BCUT2D eigenvalue weighted by Gasteiger charge is 2.18. The van der Waals surface area contributed by atoms with Gasteiger partial charge in [0.2, 0.25) is 0 Å². The van der Waals surface area contributed by atoms with Crippen molar-refractivity contribution in [1.82, 2.24) is 0 Å². The van der Waals surface area contributed by atoms with Crippen molar-refractivity contribution in [3.05, 3.63) is 17.2 Å². The molecule has 0 bridgehead atoms. The Kier molecular flexibility index (Phi) is 2.74. The normalized spacial score (nSPS) is 10.6. The first-order valence-corrected chi connectivity index (χ1v) is 4.35. The van der Waals surface area contributed by atoms with Gasteiger partial charge >= 0.3 is 5.97 Å². The first kappa shape index (κ1) is 11.2. The number of carboxylic acid groups (broad SMARTS) is 1. The van der Waals surface area contributed by atoms with Crippen molar-refractivity contribution in [3.63, 3.8) is 0 Å². The second-order valence-corrected chi connectivity index (χ2v) is 3.49. The Morgan fingerprint density at radius 3 is 2.33 bits per heavy atom. The molecule has 3 N–H and O–H groups in total. The average molecular weight is 211 g/mol. The maximum absolute atomic E-state index is 11.5. The zero-order chi connectivity index (χ0) is 11.7. The van der Waals surface area contributed by atoms with Crippen LogP contribution in [-0.2, 0) is 0 Å². The van der Waals surface area contributed by atoms with E-state index in [-0.39, 0.29) is 17.0 Å². The van der Waals surface area contributed by atoms with Crippen LogP contribution in [0.15, 0.2) is 6.07 Å². The molecule has 1 aromatic rings. The van der Waals surface area contributed by atoms with Gasteiger partial charge in [-0.3, -0.25) is 0 Å². The third kappa shape index (κ3) is 1.81. The maximum atomic E-state index is 11.5. The van der Waals surface area contributed by atoms with Gasteiger partial charge in [0.05, 0.1) is 5.56 Å². The number of benzene rings is 1. The maximum Gasteiger partial charge on any atom is 0.336 e. The third-order valence-electron chi connectivity index (χ3n) is 2.08. The highest BCUT2D eigenvalue weighted by Crippen LogP contribution is 2.40. The molecule has 5 heteroatoms. The van der Waals surface area contributed by atoms with Crippen LogP contribution in [0.4, 0.5) is 0 Å². The lowest BCUT2D eigenvalue weighted by molar-refractivity contribution is -0.271. The number of rotatable bonds is 2. The van der Waals surface area contributed by atoms with E-state index in [1.165, 1.54) is 0 Å². The molecule has 0 radical (unpaired) electrons. The van der Waals surface area contributed by atoms with E-state index in [1.54, 1.807) is 13.8 Å². The summed E-state index contributed by atoms with van der Waals surface area (Å²) in [6, 6.07) is 0.883. The minimum Gasteiger partial charge on any atom is -0.870 e. The Morgan fingerprint density at radius 2 is 1.93 bits per heavy atom. The first-order chi connectivity index (χ1) is 6.86. The van der Waals surface area contributed by atoms with Gasteiger partial charge in [0.25, 0.3) is 0 Å². The number of phenolic OH excluding ortho intramolecular Hbond substituents is 2. The molecule has 0 aromatic heterocycles. The molecule has 0 aliphatic heterocycles. The number of carboxylic acids is 1. The zero-order valence-electron chi connectivity index (χ0n) is 8.31. The van der Waals surface area contributed by atoms with Crippen molar-refractivity contribution in [3.8, 4) is 17.2 Å². The zero-order valence-corrected chi connectivity index (χ0v) is 8.31. The SMILES string of the molecule is CC(C)c1c(C(=O)O)cc(O)c(O)c1[O-]. The molecule has 1 rings (SSSR count). The minimum atomic E-state index is -1.30. The summed E-state index contributed by atoms with van der Waals surface area (Å²) in [6.07, 6.45) is 0. The fraction of sp³-hybridized carbons (Fsp3) is 0.300. The molecule has 0 unspecified atom stereocenters. The molecule has 0 atom stereocenters. The van der Waals surface area contributed by atoms with E-state index in [9.17, 15) is 15.0 Å². The van der Waals surface area contributed by atoms with E-state index < -0.39 is 23.2 Å². The first-order valence-electron chi connectivity index (χ1n) is 4.35. The molecule has 15 heavy (non-hydrogen) atoms. The van der Waals surface area contributed by atoms with Crippen LogP contribution >= 0.6 is 0 Å². The van der Waals surface area contributed by atoms with Crippen molar-refractivity contribution >= 4 is 5.97 Å². The molecule has 0 fully saturated rings. The number of hydrogen-bond acceptors (Lipinski definition) is 4. The quantitative estimate of drug-likeness (QED) is 0.633. The van der Waals surface area contributed by atoms with Crippen molar-refractivity contribution in [2.45, 2.75) is 19.8 Å². The van der Waals surface area contributed by atoms with Gasteiger partial charge in [-0.15, -0.1) is 0 Å². The van der Waals surface area contributed by atoms with Crippen molar-refractivity contribution in [2.75, 3.05) is 0 Å². The van der Waals surface area contributed by atoms with Gasteiger partial charge in [-0.05, 0) is 17.5 Å². The summed E-state index contributed by atoms with van der Waals surface area (Å²) in [4.78, 5) is 10.8. The van der Waals surface area contributed by atoms with Crippen LogP contribution in [0, 0.1) is 0 Å². The van der Waals surface area contributed by atoms with Crippen LogP contribution in [0.3, 0.4) is 0 Å². The predicted molar refractivity (Wildman–Crippen MR) is 50.3 cm³/mol. The lowest BCUT2D eigenvalue weighted by Crippen LogP contribution is -2.08. The molecule has 0 heterocycles. The van der Waals surface area contributed by atoms with E-state index in [4.69, 9.17) is 10.2 Å². The Hall–Kier alpha value is -1.91. The topological polar surface area (TPSA) is 101 Å². The summed E-state index contributed by atoms with van der Waals surface area (Å²) < 4.78 is 0. The fourth-order valence-corrected chi connectivity index (χ4v) is 1.40. The fourth-order valence-electron chi connectivity index (χ4n) is 1.40. The number of phenols is 2. The van der Waals surface area contributed by atoms with Crippen LogP contribution in [0.2, 0.25) is 0 Å². The van der Waals surface area contributed by atoms with E-state index in [0.29, 0.717) is 0 Å². The highest BCUT2D eigenvalue weighted by molar-refractivity contribution is 5.92. The summed E-state index contributed by atoms with van der Waals surface area (Å²) in [5.74, 6) is -3.98. The van der Waals surface area contributed by atoms with Crippen LogP contribution in [0.1, 0.15) is 35.7 Å². The number of aromatic carboxylic acids is 1. The van der Waals surface area contributed by atoms with Crippen LogP contribution < -0.4 is 5.11 Å². The van der Waals surface area contributed by atoms with Crippen molar-refractivity contribution in [1.29, 1.82) is 0 Å².